The first-order valence-corrected chi connectivity index (χ1v) is 7.52. The van der Waals surface area contributed by atoms with E-state index < -0.39 is 18.1 Å². The van der Waals surface area contributed by atoms with Crippen LogP contribution in [0.15, 0.2) is 24.3 Å². The minimum absolute atomic E-state index is 0.0702. The van der Waals surface area contributed by atoms with Crippen LogP contribution in [0.5, 0.6) is 0 Å². The number of amides is 2. The first-order valence-electron chi connectivity index (χ1n) is 7.14. The largest absolute Gasteiger partial charge is 0.388 e. The number of aromatic amines is 1. The number of benzene rings is 1. The molecule has 0 saturated carbocycles. The topological polar surface area (TPSA) is 106 Å². The fourth-order valence-corrected chi connectivity index (χ4v) is 2.74. The van der Waals surface area contributed by atoms with E-state index in [9.17, 15) is 19.8 Å². The van der Waals surface area contributed by atoms with Crippen LogP contribution < -0.4 is 5.32 Å². The molecule has 1 saturated heterocycles. The van der Waals surface area contributed by atoms with E-state index in [2.05, 4.69) is 10.3 Å². The molecule has 0 spiro atoms. The number of likely N-dealkylation sites (tertiary alicyclic amines) is 1. The number of nitrogens with one attached hydrogen (secondary N) is 2. The third-order valence-electron chi connectivity index (χ3n) is 3.84. The number of β-amino-alcohol motifs (C(OH)–C–C–N with tert-alkyl or cyclic N) is 2. The van der Waals surface area contributed by atoms with E-state index >= 15 is 0 Å². The molecule has 0 aliphatic carbocycles. The van der Waals surface area contributed by atoms with Crippen molar-refractivity contribution in [2.24, 2.45) is 0 Å². The molecular formula is C15H16ClN3O4. The predicted octanol–water partition coefficient (Wildman–Crippen LogP) is 0.115. The number of H-pyrrole nitrogens is 1. The number of nitrogens with zero attached hydrogens (tertiary/aromatic N) is 1. The lowest BCUT2D eigenvalue weighted by Crippen LogP contribution is -2.39. The second-order valence-corrected chi connectivity index (χ2v) is 5.97. The molecule has 0 bridgehead atoms. The van der Waals surface area contributed by atoms with Gasteiger partial charge in [-0.25, -0.2) is 0 Å². The van der Waals surface area contributed by atoms with Crippen molar-refractivity contribution in [2.45, 2.75) is 12.2 Å². The summed E-state index contributed by atoms with van der Waals surface area (Å²) in [5.41, 5.74) is 1.10. The molecule has 1 aliphatic rings. The monoisotopic (exact) mass is 337 g/mol. The summed E-state index contributed by atoms with van der Waals surface area (Å²) in [7, 11) is 0. The smallest absolute Gasteiger partial charge is 0.268 e. The molecule has 3 rings (SSSR count). The molecule has 7 nitrogen and oxygen atoms in total. The van der Waals surface area contributed by atoms with E-state index in [0.717, 1.165) is 10.9 Å². The molecule has 0 radical (unpaired) electrons. The van der Waals surface area contributed by atoms with E-state index in [1.807, 2.05) is 0 Å². The van der Waals surface area contributed by atoms with Crippen LogP contribution in [0, 0.1) is 0 Å². The Morgan fingerprint density at radius 2 is 1.96 bits per heavy atom. The minimum Gasteiger partial charge on any atom is -0.388 e. The molecule has 1 aromatic heterocycles. The SMILES string of the molecule is O=C(NCC(=O)N1C[C@@H](O)[C@@H](O)C1)c1cc2cc(Cl)ccc2[nH]1. The predicted molar refractivity (Wildman–Crippen MR) is 84.2 cm³/mol. The number of rotatable bonds is 3. The van der Waals surface area contributed by atoms with Crippen LogP contribution in [0.4, 0.5) is 0 Å². The van der Waals surface area contributed by atoms with Crippen LogP contribution in [0.3, 0.4) is 0 Å². The summed E-state index contributed by atoms with van der Waals surface area (Å²) in [6.45, 7) is -0.0596. The van der Waals surface area contributed by atoms with Crippen LogP contribution in [-0.2, 0) is 4.79 Å². The Bertz CT molecular complexity index is 750. The van der Waals surface area contributed by atoms with Gasteiger partial charge in [0.2, 0.25) is 5.91 Å². The molecule has 1 aromatic carbocycles. The summed E-state index contributed by atoms with van der Waals surface area (Å²) in [6.07, 6.45) is -1.87. The molecule has 1 fully saturated rings. The lowest BCUT2D eigenvalue weighted by molar-refractivity contribution is -0.129. The van der Waals surface area contributed by atoms with Gasteiger partial charge in [-0.3, -0.25) is 9.59 Å². The Labute approximate surface area is 136 Å². The van der Waals surface area contributed by atoms with Crippen molar-refractivity contribution in [1.29, 1.82) is 0 Å². The van der Waals surface area contributed by atoms with Gasteiger partial charge in [-0.05, 0) is 24.3 Å². The van der Waals surface area contributed by atoms with Crippen LogP contribution >= 0.6 is 11.6 Å². The van der Waals surface area contributed by atoms with E-state index in [0.29, 0.717) is 10.7 Å². The zero-order valence-electron chi connectivity index (χ0n) is 12.1. The molecule has 4 N–H and O–H groups in total. The van der Waals surface area contributed by atoms with Crippen molar-refractivity contribution in [3.63, 3.8) is 0 Å². The van der Waals surface area contributed by atoms with Gasteiger partial charge in [0.25, 0.3) is 5.91 Å². The van der Waals surface area contributed by atoms with Crippen molar-refractivity contribution in [3.8, 4) is 0 Å². The van der Waals surface area contributed by atoms with E-state index in [4.69, 9.17) is 11.6 Å². The maximum atomic E-state index is 12.1. The van der Waals surface area contributed by atoms with Crippen LogP contribution in [0.2, 0.25) is 5.02 Å². The van der Waals surface area contributed by atoms with Crippen LogP contribution in [0.1, 0.15) is 10.5 Å². The van der Waals surface area contributed by atoms with Gasteiger partial charge >= 0.3 is 0 Å². The zero-order chi connectivity index (χ0) is 16.6. The van der Waals surface area contributed by atoms with Crippen LogP contribution in [-0.4, -0.2) is 63.8 Å². The molecule has 23 heavy (non-hydrogen) atoms. The maximum absolute atomic E-state index is 12.1. The number of hydrogen-bond donors (Lipinski definition) is 4. The second-order valence-electron chi connectivity index (χ2n) is 5.53. The van der Waals surface area contributed by atoms with Crippen molar-refractivity contribution in [1.82, 2.24) is 15.2 Å². The number of halogens is 1. The Morgan fingerprint density at radius 1 is 1.26 bits per heavy atom. The summed E-state index contributed by atoms with van der Waals surface area (Å²) in [5.74, 6) is -0.765. The molecule has 2 heterocycles. The Kier molecular flexibility index (Phi) is 4.25. The summed E-state index contributed by atoms with van der Waals surface area (Å²) >= 11 is 5.90. The lowest BCUT2D eigenvalue weighted by Gasteiger charge is -2.15. The van der Waals surface area contributed by atoms with Gasteiger partial charge in [0, 0.05) is 29.0 Å². The third-order valence-corrected chi connectivity index (χ3v) is 4.07. The number of carbonyl (C=O) groups excluding carboxylic acids is 2. The number of fused-ring (bicyclic) bond motifs is 1. The Hall–Kier alpha value is -2.09. The van der Waals surface area contributed by atoms with Crippen molar-refractivity contribution < 1.29 is 19.8 Å². The van der Waals surface area contributed by atoms with Gasteiger partial charge in [0.1, 0.15) is 5.69 Å². The highest BCUT2D eigenvalue weighted by atomic mass is 35.5. The molecular weight excluding hydrogens is 322 g/mol. The molecule has 2 atom stereocenters. The van der Waals surface area contributed by atoms with Gasteiger partial charge in [0.15, 0.2) is 0 Å². The van der Waals surface area contributed by atoms with Gasteiger partial charge < -0.3 is 25.4 Å². The van der Waals surface area contributed by atoms with Gasteiger partial charge in [-0.1, -0.05) is 11.6 Å². The normalized spacial score (nSPS) is 20.9. The molecule has 122 valence electrons. The highest BCUT2D eigenvalue weighted by Crippen LogP contribution is 2.20. The number of aliphatic hydroxyl groups is 2. The molecule has 0 unspecified atom stereocenters. The van der Waals surface area contributed by atoms with Crippen LogP contribution in [0.25, 0.3) is 10.9 Å². The Balaban J connectivity index is 1.61. The quantitative estimate of drug-likeness (QED) is 0.638. The summed E-state index contributed by atoms with van der Waals surface area (Å²) in [4.78, 5) is 28.3. The number of carbonyl (C=O) groups is 2. The summed E-state index contributed by atoms with van der Waals surface area (Å²) < 4.78 is 0. The highest BCUT2D eigenvalue weighted by molar-refractivity contribution is 6.31. The lowest BCUT2D eigenvalue weighted by atomic mass is 10.2. The summed E-state index contributed by atoms with van der Waals surface area (Å²) in [5, 5.41) is 22.8. The van der Waals surface area contributed by atoms with E-state index in [1.54, 1.807) is 24.3 Å². The van der Waals surface area contributed by atoms with E-state index in [-0.39, 0.29) is 25.5 Å². The first kappa shape index (κ1) is 15.8. The number of aromatic nitrogens is 1. The van der Waals surface area contributed by atoms with Crippen molar-refractivity contribution in [2.75, 3.05) is 19.6 Å². The number of hydrogen-bond acceptors (Lipinski definition) is 4. The molecule has 2 aromatic rings. The van der Waals surface area contributed by atoms with Gasteiger partial charge in [-0.15, -0.1) is 0 Å². The third kappa shape index (κ3) is 3.31. The molecule has 1 aliphatic heterocycles. The van der Waals surface area contributed by atoms with Crippen molar-refractivity contribution in [3.05, 3.63) is 35.0 Å². The first-order chi connectivity index (χ1) is 10.9. The average molecular weight is 338 g/mol. The molecule has 2 amide bonds. The van der Waals surface area contributed by atoms with Gasteiger partial charge in [-0.2, -0.15) is 0 Å². The zero-order valence-corrected chi connectivity index (χ0v) is 12.9. The summed E-state index contributed by atoms with van der Waals surface area (Å²) in [6, 6.07) is 6.88. The standard InChI is InChI=1S/C15H16ClN3O4/c16-9-1-2-10-8(3-9)4-11(18-10)15(23)17-5-14(22)19-6-12(20)13(21)7-19/h1-4,12-13,18,20-21H,5-7H2,(H,17,23)/t12-,13+. The Morgan fingerprint density at radius 3 is 2.65 bits per heavy atom. The fraction of sp³-hybridized carbons (Fsp3) is 0.333. The molecule has 8 heteroatoms. The maximum Gasteiger partial charge on any atom is 0.268 e. The van der Waals surface area contributed by atoms with Gasteiger partial charge in [0.05, 0.1) is 18.8 Å². The number of aliphatic hydroxyl groups excluding tert-OH is 2. The van der Waals surface area contributed by atoms with E-state index in [1.165, 1.54) is 4.90 Å². The van der Waals surface area contributed by atoms with Crippen molar-refractivity contribution >= 4 is 34.3 Å². The fourth-order valence-electron chi connectivity index (χ4n) is 2.56. The minimum atomic E-state index is -0.937. The average Bonchev–Trinajstić information content (AvgIpc) is 3.08. The highest BCUT2D eigenvalue weighted by Gasteiger charge is 2.32. The second kappa shape index (κ2) is 6.19.